The van der Waals surface area contributed by atoms with Crippen LogP contribution >= 0.6 is 31.9 Å². The summed E-state index contributed by atoms with van der Waals surface area (Å²) in [6.07, 6.45) is 0. The van der Waals surface area contributed by atoms with Crippen LogP contribution in [0.1, 0.15) is 10.4 Å². The topological polar surface area (TPSA) is 17.1 Å². The molecule has 3 aromatic carbocycles. The Morgan fingerprint density at radius 3 is 1.56 bits per heavy atom. The Balaban J connectivity index is 1.85. The van der Waals surface area contributed by atoms with Crippen molar-refractivity contribution in [2.24, 2.45) is 0 Å². The molecule has 126 valence electrons. The molecule has 0 unspecified atom stereocenters. The van der Waals surface area contributed by atoms with E-state index in [4.69, 9.17) is 0 Å². The molecule has 0 aromatic heterocycles. The average molecular weight is 588 g/mol. The van der Waals surface area contributed by atoms with Crippen LogP contribution in [0.3, 0.4) is 0 Å². The Hall–Kier alpha value is -0.671. The van der Waals surface area contributed by atoms with Gasteiger partial charge in [0.15, 0.2) is 0 Å². The van der Waals surface area contributed by atoms with Crippen molar-refractivity contribution < 1.29 is 4.79 Å². The predicted octanol–water partition coefficient (Wildman–Crippen LogP) is 4.20. The van der Waals surface area contributed by atoms with Gasteiger partial charge in [-0.15, -0.1) is 0 Å². The molecule has 0 saturated heterocycles. The van der Waals surface area contributed by atoms with E-state index >= 15 is 0 Å². The molecule has 0 aliphatic carbocycles. The summed E-state index contributed by atoms with van der Waals surface area (Å²) in [5, 5.41) is 0. The Morgan fingerprint density at radius 1 is 0.680 bits per heavy atom. The van der Waals surface area contributed by atoms with E-state index in [1.54, 1.807) is 0 Å². The van der Waals surface area contributed by atoms with Gasteiger partial charge in [0.05, 0.1) is 0 Å². The SMILES string of the molecule is O=C(c1ccccc1)C([Se]c1ccc(Br)cc1)[Se]c1ccc(Br)cc1. The summed E-state index contributed by atoms with van der Waals surface area (Å²) in [4.78, 5) is 13.1. The Morgan fingerprint density at radius 2 is 1.12 bits per heavy atom. The quantitative estimate of drug-likeness (QED) is 0.312. The summed E-state index contributed by atoms with van der Waals surface area (Å²) < 4.78 is 4.69. The van der Waals surface area contributed by atoms with E-state index in [0.29, 0.717) is 0 Å². The second-order valence-corrected chi connectivity index (χ2v) is 13.5. The molecular weight excluding hydrogens is 574 g/mol. The van der Waals surface area contributed by atoms with E-state index in [0.717, 1.165) is 14.5 Å². The number of carbonyl (C=O) groups excluding carboxylic acids is 1. The molecule has 0 fully saturated rings. The van der Waals surface area contributed by atoms with Crippen molar-refractivity contribution in [1.82, 2.24) is 0 Å². The average Bonchev–Trinajstić information content (AvgIpc) is 2.65. The summed E-state index contributed by atoms with van der Waals surface area (Å²) in [5.74, 6) is 0.256. The fourth-order valence-electron chi connectivity index (χ4n) is 2.14. The molecule has 0 N–H and O–H groups in total. The van der Waals surface area contributed by atoms with E-state index < -0.39 is 0 Å². The Labute approximate surface area is 177 Å². The molecule has 0 spiro atoms. The summed E-state index contributed by atoms with van der Waals surface area (Å²) in [6, 6.07) is 26.3. The van der Waals surface area contributed by atoms with Crippen molar-refractivity contribution in [2.75, 3.05) is 0 Å². The van der Waals surface area contributed by atoms with Crippen LogP contribution in [0.2, 0.25) is 3.71 Å². The van der Waals surface area contributed by atoms with Gasteiger partial charge in [0.2, 0.25) is 0 Å². The first-order valence-corrected chi connectivity index (χ1v) is 12.8. The van der Waals surface area contributed by atoms with Gasteiger partial charge >= 0.3 is 178 Å². The first-order valence-electron chi connectivity index (χ1n) is 7.55. The maximum absolute atomic E-state index is 13.1. The van der Waals surface area contributed by atoms with Crippen LogP contribution in [0.15, 0.2) is 87.8 Å². The molecule has 0 bridgehead atoms. The first kappa shape index (κ1) is 19.1. The number of carbonyl (C=O) groups is 1. The van der Waals surface area contributed by atoms with Gasteiger partial charge < -0.3 is 0 Å². The normalized spacial score (nSPS) is 10.8. The van der Waals surface area contributed by atoms with Gasteiger partial charge in [0.1, 0.15) is 0 Å². The fraction of sp³-hybridized carbons (Fsp3) is 0.0500. The number of hydrogen-bond acceptors (Lipinski definition) is 1. The summed E-state index contributed by atoms with van der Waals surface area (Å²) in [5.41, 5.74) is 0.811. The zero-order valence-electron chi connectivity index (χ0n) is 13.1. The van der Waals surface area contributed by atoms with Gasteiger partial charge in [-0.05, 0) is 0 Å². The van der Waals surface area contributed by atoms with Crippen molar-refractivity contribution in [3.8, 4) is 0 Å². The Kier molecular flexibility index (Phi) is 7.12. The van der Waals surface area contributed by atoms with Crippen LogP contribution in [0.5, 0.6) is 0 Å². The van der Waals surface area contributed by atoms with Gasteiger partial charge in [-0.1, -0.05) is 0 Å². The van der Waals surface area contributed by atoms with Gasteiger partial charge in [0.25, 0.3) is 0 Å². The van der Waals surface area contributed by atoms with Crippen molar-refractivity contribution in [3.05, 3.63) is 93.4 Å². The number of Topliss-reactive ketones (excluding diaryl/α,β-unsaturated/α-hetero) is 1. The second-order valence-electron chi connectivity index (χ2n) is 5.21. The van der Waals surface area contributed by atoms with Crippen LogP contribution in [-0.4, -0.2) is 35.7 Å². The zero-order chi connectivity index (χ0) is 17.6. The van der Waals surface area contributed by atoms with Crippen molar-refractivity contribution in [1.29, 1.82) is 0 Å². The number of halogens is 2. The molecule has 1 nitrogen and oxygen atoms in total. The molecule has 0 aliphatic heterocycles. The number of hydrogen-bond donors (Lipinski definition) is 0. The van der Waals surface area contributed by atoms with Gasteiger partial charge in [0, 0.05) is 0 Å². The minimum absolute atomic E-state index is 0.0461. The third-order valence-electron chi connectivity index (χ3n) is 3.39. The molecule has 0 saturated carbocycles. The predicted molar refractivity (Wildman–Crippen MR) is 114 cm³/mol. The van der Waals surface area contributed by atoms with Crippen LogP contribution in [0.4, 0.5) is 0 Å². The zero-order valence-corrected chi connectivity index (χ0v) is 19.7. The van der Waals surface area contributed by atoms with Crippen LogP contribution in [0.25, 0.3) is 0 Å². The molecule has 25 heavy (non-hydrogen) atoms. The summed E-state index contributed by atoms with van der Waals surface area (Å²) in [7, 11) is 0. The molecule has 0 atom stereocenters. The number of ketones is 1. The van der Waals surface area contributed by atoms with Gasteiger partial charge in [-0.25, -0.2) is 0 Å². The monoisotopic (exact) mass is 588 g/mol. The van der Waals surface area contributed by atoms with Crippen LogP contribution in [0, 0.1) is 0 Å². The fourth-order valence-corrected chi connectivity index (χ4v) is 9.01. The molecule has 0 radical (unpaired) electrons. The molecule has 0 aliphatic rings. The van der Waals surface area contributed by atoms with Crippen molar-refractivity contribution in [3.63, 3.8) is 0 Å². The maximum atomic E-state index is 13.1. The van der Waals surface area contributed by atoms with Crippen molar-refractivity contribution in [2.45, 2.75) is 3.71 Å². The van der Waals surface area contributed by atoms with E-state index in [1.165, 1.54) is 8.92 Å². The first-order chi connectivity index (χ1) is 12.1. The van der Waals surface area contributed by atoms with E-state index in [9.17, 15) is 4.79 Å². The molecule has 0 heterocycles. The Bertz CT molecular complexity index is 786. The second kappa shape index (κ2) is 9.32. The molecule has 3 aromatic rings. The van der Waals surface area contributed by atoms with Crippen LogP contribution < -0.4 is 8.92 Å². The minimum atomic E-state index is 0.0461. The van der Waals surface area contributed by atoms with E-state index in [2.05, 4.69) is 56.1 Å². The van der Waals surface area contributed by atoms with Gasteiger partial charge in [-0.2, -0.15) is 0 Å². The van der Waals surface area contributed by atoms with Gasteiger partial charge in [-0.3, -0.25) is 0 Å². The summed E-state index contributed by atoms with van der Waals surface area (Å²) >= 11 is 7.15. The third-order valence-corrected chi connectivity index (χ3v) is 10.6. The van der Waals surface area contributed by atoms with Crippen molar-refractivity contribution >= 4 is 76.5 Å². The number of benzene rings is 3. The number of rotatable bonds is 6. The third kappa shape index (κ3) is 5.65. The molecule has 3 rings (SSSR count). The standard InChI is InChI=1S/C20H14Br2OSe2/c21-15-6-10-17(11-7-15)24-20(19(23)14-4-2-1-3-5-14)25-18-12-8-16(22)9-13-18/h1-13,20H. The molecule has 0 amide bonds. The molecule has 5 heteroatoms. The van der Waals surface area contributed by atoms with Crippen LogP contribution in [-0.2, 0) is 0 Å². The van der Waals surface area contributed by atoms with E-state index in [-0.39, 0.29) is 39.4 Å². The molecular formula is C20H14Br2OSe2. The van der Waals surface area contributed by atoms with E-state index in [1.807, 2.05) is 54.6 Å². The summed E-state index contributed by atoms with van der Waals surface area (Å²) in [6.45, 7) is 0.